The number of aliphatic carboxylic acids is 1. The van der Waals surface area contributed by atoms with Crippen LogP contribution in [-0.2, 0) is 63.0 Å². The van der Waals surface area contributed by atoms with Crippen LogP contribution in [0.25, 0.3) is 22.1 Å². The Morgan fingerprint density at radius 2 is 1.03 bits per heavy atom. The summed E-state index contributed by atoms with van der Waals surface area (Å²) < 4.78 is 70.9. The van der Waals surface area contributed by atoms with Crippen LogP contribution in [0, 0.1) is 23.7 Å². The van der Waals surface area contributed by atoms with Gasteiger partial charge in [0.05, 0.1) is 38.3 Å². The van der Waals surface area contributed by atoms with Crippen LogP contribution >= 0.6 is 0 Å². The SMILES string of the molecule is CC(C)(C)c1nc2cc(S(=O)(=O)N3CC(CC(=O)NC4CC4)C3)ccc2n1CC1CCOCC1.CC(C)(C)c1nc2cc(S(=O)(=O)N3CC(CC(=O)O)C3)ccc2n1CC1CCOCC1. The summed E-state index contributed by atoms with van der Waals surface area (Å²) in [5.74, 6) is 2.09. The lowest BCUT2D eigenvalue weighted by Crippen LogP contribution is -2.51. The fraction of sp³-hybridized carbons (Fsp3) is 0.660. The molecule has 2 aromatic heterocycles. The first-order valence-corrected chi connectivity index (χ1v) is 26.2. The molecule has 5 aliphatic rings. The Bertz CT molecular complexity index is 2600. The van der Waals surface area contributed by atoms with Crippen molar-refractivity contribution in [1.29, 1.82) is 0 Å². The second kappa shape index (κ2) is 18.6. The van der Waals surface area contributed by atoms with Crippen LogP contribution in [-0.4, -0.2) is 120 Å². The highest BCUT2D eigenvalue weighted by Crippen LogP contribution is 2.35. The van der Waals surface area contributed by atoms with E-state index in [1.165, 1.54) is 8.61 Å². The van der Waals surface area contributed by atoms with Crippen LogP contribution < -0.4 is 5.32 Å². The van der Waals surface area contributed by atoms with Crippen molar-refractivity contribution >= 4 is 54.0 Å². The average Bonchev–Trinajstić information content (AvgIpc) is 3.84. The Balaban J connectivity index is 0.000000178. The number of amides is 1. The quantitative estimate of drug-likeness (QED) is 0.162. The van der Waals surface area contributed by atoms with Crippen molar-refractivity contribution in [3.8, 4) is 0 Å². The highest BCUT2D eigenvalue weighted by molar-refractivity contribution is 7.89. The van der Waals surface area contributed by atoms with E-state index in [1.807, 2.05) is 12.1 Å². The zero-order valence-corrected chi connectivity index (χ0v) is 40.4. The Labute approximate surface area is 383 Å². The zero-order valence-electron chi connectivity index (χ0n) is 38.8. The van der Waals surface area contributed by atoms with Gasteiger partial charge in [-0.05, 0) is 98.6 Å². The molecule has 4 aliphatic heterocycles. The number of hydrogen-bond donors (Lipinski definition) is 2. The van der Waals surface area contributed by atoms with Gasteiger partial charge in [0.1, 0.15) is 11.6 Å². The first-order valence-electron chi connectivity index (χ1n) is 23.4. The van der Waals surface area contributed by atoms with E-state index in [4.69, 9.17) is 24.5 Å². The number of rotatable bonds is 13. The molecule has 0 radical (unpaired) electrons. The predicted octanol–water partition coefficient (Wildman–Crippen LogP) is 5.91. The molecular weight excluding hydrogens is 871 g/mol. The summed E-state index contributed by atoms with van der Waals surface area (Å²) in [5, 5.41) is 11.9. The van der Waals surface area contributed by atoms with Crippen LogP contribution in [0.3, 0.4) is 0 Å². The molecule has 0 spiro atoms. The molecule has 356 valence electrons. The Kier molecular flexibility index (Phi) is 13.6. The largest absolute Gasteiger partial charge is 0.481 e. The predicted molar refractivity (Wildman–Crippen MR) is 246 cm³/mol. The maximum atomic E-state index is 13.3. The molecule has 9 rings (SSSR count). The van der Waals surface area contributed by atoms with Gasteiger partial charge in [-0.3, -0.25) is 9.59 Å². The van der Waals surface area contributed by atoms with E-state index < -0.39 is 26.0 Å². The lowest BCUT2D eigenvalue weighted by molar-refractivity contribution is -0.139. The molecule has 6 heterocycles. The third-order valence-corrected chi connectivity index (χ3v) is 17.0. The number of benzene rings is 2. The smallest absolute Gasteiger partial charge is 0.303 e. The second-order valence-electron chi connectivity index (χ2n) is 21.0. The molecule has 18 heteroatoms. The number of nitrogens with zero attached hydrogens (tertiary/aromatic N) is 6. The van der Waals surface area contributed by atoms with E-state index in [-0.39, 0.29) is 57.9 Å². The van der Waals surface area contributed by atoms with E-state index in [9.17, 15) is 26.4 Å². The Hall–Kier alpha value is -3.94. The molecule has 4 saturated heterocycles. The van der Waals surface area contributed by atoms with Crippen molar-refractivity contribution < 1.29 is 41.0 Å². The number of sulfonamides is 2. The average molecular weight is 938 g/mol. The fourth-order valence-electron chi connectivity index (χ4n) is 9.45. The van der Waals surface area contributed by atoms with Gasteiger partial charge in [-0.15, -0.1) is 0 Å². The van der Waals surface area contributed by atoms with Gasteiger partial charge in [-0.25, -0.2) is 26.8 Å². The molecule has 16 nitrogen and oxygen atoms in total. The van der Waals surface area contributed by atoms with Gasteiger partial charge in [0.2, 0.25) is 26.0 Å². The van der Waals surface area contributed by atoms with Gasteiger partial charge < -0.3 is 29.0 Å². The van der Waals surface area contributed by atoms with Crippen LogP contribution in [0.4, 0.5) is 0 Å². The molecule has 1 aliphatic carbocycles. The molecule has 2 aromatic carbocycles. The fourth-order valence-corrected chi connectivity index (χ4v) is 12.7. The van der Waals surface area contributed by atoms with Crippen LogP contribution in [0.2, 0.25) is 0 Å². The number of carboxylic acids is 1. The summed E-state index contributed by atoms with van der Waals surface area (Å²) in [5.41, 5.74) is 3.00. The van der Waals surface area contributed by atoms with Crippen LogP contribution in [0.1, 0.15) is 105 Å². The van der Waals surface area contributed by atoms with E-state index in [1.54, 1.807) is 24.3 Å². The number of hydrogen-bond acceptors (Lipinski definition) is 10. The monoisotopic (exact) mass is 937 g/mol. The van der Waals surface area contributed by atoms with Crippen LogP contribution in [0.5, 0.6) is 0 Å². The van der Waals surface area contributed by atoms with Gasteiger partial charge >= 0.3 is 5.97 Å². The number of carboxylic acid groups (broad SMARTS) is 1. The summed E-state index contributed by atoms with van der Waals surface area (Å²) in [6.07, 6.45) is 6.60. The molecule has 0 bridgehead atoms. The molecule has 0 atom stereocenters. The van der Waals surface area contributed by atoms with Crippen molar-refractivity contribution in [2.45, 2.75) is 133 Å². The molecule has 4 aromatic rings. The summed E-state index contributed by atoms with van der Waals surface area (Å²) in [7, 11) is -7.26. The molecular formula is C47H67N7O9S2. The molecule has 1 amide bonds. The maximum Gasteiger partial charge on any atom is 0.303 e. The molecule has 0 unspecified atom stereocenters. The van der Waals surface area contributed by atoms with Crippen molar-refractivity contribution in [2.24, 2.45) is 23.7 Å². The molecule has 65 heavy (non-hydrogen) atoms. The van der Waals surface area contributed by atoms with Gasteiger partial charge in [0.15, 0.2) is 0 Å². The maximum absolute atomic E-state index is 13.3. The summed E-state index contributed by atoms with van der Waals surface area (Å²) >= 11 is 0. The standard InChI is InChI=1S/C25H36N4O4S.C22H31N3O5S/c1-25(2,3)24-27-21-13-20(6-7-22(21)29(24)16-17-8-10-33-11-9-17)34(31,32)28-14-18(15-28)12-23(30)26-19-4-5-19;1-22(2,3)21-23-18-11-17(31(28,29)24-12-16(13-24)10-20(26)27)4-5-19(18)25(21)14-15-6-8-30-9-7-15/h6-7,13,17-19H,4-5,8-12,14-16H2,1-3H3,(H,26,30);4-5,11,15-16H,6-10,12-14H2,1-3H3,(H,26,27). The van der Waals surface area contributed by atoms with Crippen molar-refractivity contribution in [3.63, 3.8) is 0 Å². The van der Waals surface area contributed by atoms with E-state index in [2.05, 4.69) is 56.0 Å². The zero-order chi connectivity index (χ0) is 46.5. The third-order valence-electron chi connectivity index (χ3n) is 13.3. The number of ether oxygens (including phenoxy) is 2. The van der Waals surface area contributed by atoms with Gasteiger partial charge in [-0.1, -0.05) is 41.5 Å². The summed E-state index contributed by atoms with van der Waals surface area (Å²) in [4.78, 5) is 33.1. The number of carbonyl (C=O) groups is 2. The number of nitrogens with one attached hydrogen (secondary N) is 1. The third kappa shape index (κ3) is 10.8. The summed E-state index contributed by atoms with van der Waals surface area (Å²) in [6, 6.07) is 10.8. The first kappa shape index (κ1) is 47.5. The number of carbonyl (C=O) groups excluding carboxylic acids is 1. The van der Waals surface area contributed by atoms with E-state index in [0.29, 0.717) is 42.9 Å². The van der Waals surface area contributed by atoms with Crippen LogP contribution in [0.15, 0.2) is 46.2 Å². The highest BCUT2D eigenvalue weighted by Gasteiger charge is 2.40. The summed E-state index contributed by atoms with van der Waals surface area (Å²) in [6.45, 7) is 18.9. The Morgan fingerprint density at radius 3 is 1.40 bits per heavy atom. The first-order chi connectivity index (χ1) is 30.7. The molecule has 5 fully saturated rings. The minimum atomic E-state index is -3.65. The normalized spacial score (nSPS) is 20.3. The lowest BCUT2D eigenvalue weighted by atomic mass is 9.94. The molecule has 1 saturated carbocycles. The number of imidazole rings is 2. The van der Waals surface area contributed by atoms with Gasteiger partial charge in [0, 0.05) is 89.0 Å². The van der Waals surface area contributed by atoms with Crippen molar-refractivity contribution in [3.05, 3.63) is 48.0 Å². The van der Waals surface area contributed by atoms with Gasteiger partial charge in [-0.2, -0.15) is 8.61 Å². The molecule has 2 N–H and O–H groups in total. The van der Waals surface area contributed by atoms with Gasteiger partial charge in [0.25, 0.3) is 0 Å². The van der Waals surface area contributed by atoms with E-state index in [0.717, 1.165) is 106 Å². The Morgan fingerprint density at radius 1 is 0.631 bits per heavy atom. The second-order valence-corrected chi connectivity index (χ2v) is 24.9. The van der Waals surface area contributed by atoms with E-state index >= 15 is 0 Å². The van der Waals surface area contributed by atoms with Crippen molar-refractivity contribution in [1.82, 2.24) is 33.0 Å². The minimum absolute atomic E-state index is 0.00336. The number of aromatic nitrogens is 4. The lowest BCUT2D eigenvalue weighted by Gasteiger charge is -2.37. The number of fused-ring (bicyclic) bond motifs is 2. The minimum Gasteiger partial charge on any atom is -0.481 e. The topological polar surface area (TPSA) is 195 Å². The van der Waals surface area contributed by atoms with Crippen molar-refractivity contribution in [2.75, 3.05) is 52.6 Å². The highest BCUT2D eigenvalue weighted by atomic mass is 32.2.